The molecule has 3 heterocycles. The summed E-state index contributed by atoms with van der Waals surface area (Å²) in [5.74, 6) is 0.660. The lowest BCUT2D eigenvalue weighted by Crippen LogP contribution is -2.49. The molecule has 0 aliphatic carbocycles. The molecule has 4 aromatic rings. The van der Waals surface area contributed by atoms with E-state index >= 15 is 0 Å². The van der Waals surface area contributed by atoms with Gasteiger partial charge in [0.15, 0.2) is 5.82 Å². The number of fused-ring (bicyclic) bond motifs is 1. The summed E-state index contributed by atoms with van der Waals surface area (Å²) < 4.78 is 7.05. The number of anilines is 1. The van der Waals surface area contributed by atoms with Crippen molar-refractivity contribution in [2.24, 2.45) is 0 Å². The van der Waals surface area contributed by atoms with Crippen LogP contribution >= 0.6 is 0 Å². The molecule has 194 valence electrons. The van der Waals surface area contributed by atoms with Gasteiger partial charge in [-0.15, -0.1) is 5.10 Å². The Hall–Kier alpha value is -3.56. The summed E-state index contributed by atoms with van der Waals surface area (Å²) in [6.07, 6.45) is 0. The first-order valence-corrected chi connectivity index (χ1v) is 12.8. The zero-order valence-electron chi connectivity index (χ0n) is 22.3. The minimum atomic E-state index is -0.374. The summed E-state index contributed by atoms with van der Waals surface area (Å²) in [5.41, 5.74) is 7.49. The van der Waals surface area contributed by atoms with Crippen LogP contribution < -0.4 is 10.5 Å². The SMILES string of the molecule is COCCn1nnnc1[C@H](c1cc2c(C)ccc(C)c2[nH]c1=O)N1CCN(c2cccc(C)c2C)CC1. The van der Waals surface area contributed by atoms with Crippen LogP contribution in [0.15, 0.2) is 41.2 Å². The van der Waals surface area contributed by atoms with Gasteiger partial charge in [0.05, 0.1) is 18.7 Å². The van der Waals surface area contributed by atoms with Gasteiger partial charge >= 0.3 is 0 Å². The number of tetrazole rings is 1. The number of aryl methyl sites for hydroxylation is 3. The van der Waals surface area contributed by atoms with Crippen LogP contribution in [-0.2, 0) is 11.3 Å². The van der Waals surface area contributed by atoms with E-state index in [2.05, 4.69) is 75.3 Å². The summed E-state index contributed by atoms with van der Waals surface area (Å²) in [4.78, 5) is 21.5. The van der Waals surface area contributed by atoms with Crippen molar-refractivity contribution < 1.29 is 4.74 Å². The van der Waals surface area contributed by atoms with Gasteiger partial charge in [-0.25, -0.2) is 4.68 Å². The first-order chi connectivity index (χ1) is 17.9. The summed E-state index contributed by atoms with van der Waals surface area (Å²) in [5, 5.41) is 13.7. The van der Waals surface area contributed by atoms with Gasteiger partial charge in [-0.1, -0.05) is 24.3 Å². The molecule has 1 aliphatic rings. The monoisotopic (exact) mass is 501 g/mol. The molecular weight excluding hydrogens is 466 g/mol. The topological polar surface area (TPSA) is 92.2 Å². The molecule has 0 radical (unpaired) electrons. The Morgan fingerprint density at radius 3 is 2.51 bits per heavy atom. The fourth-order valence-electron chi connectivity index (χ4n) is 5.34. The van der Waals surface area contributed by atoms with Gasteiger partial charge in [0.25, 0.3) is 5.56 Å². The van der Waals surface area contributed by atoms with Crippen LogP contribution in [0.5, 0.6) is 0 Å². The number of hydrogen-bond acceptors (Lipinski definition) is 7. The molecule has 9 nitrogen and oxygen atoms in total. The largest absolute Gasteiger partial charge is 0.383 e. The highest BCUT2D eigenvalue weighted by molar-refractivity contribution is 5.85. The summed E-state index contributed by atoms with van der Waals surface area (Å²) >= 11 is 0. The number of nitrogens with zero attached hydrogens (tertiary/aromatic N) is 6. The molecule has 5 rings (SSSR count). The minimum absolute atomic E-state index is 0.107. The maximum absolute atomic E-state index is 13.6. The molecule has 1 atom stereocenters. The second-order valence-electron chi connectivity index (χ2n) is 9.94. The molecule has 1 fully saturated rings. The molecule has 2 aromatic carbocycles. The van der Waals surface area contributed by atoms with E-state index in [9.17, 15) is 4.79 Å². The maximum Gasteiger partial charge on any atom is 0.253 e. The standard InChI is InChI=1S/C28H35N7O2/c1-18-7-6-8-24(21(18)4)33-11-13-34(14-12-33)26(27-30-31-32-35(27)15-16-37-5)23-17-22-19(2)9-10-20(3)25(22)29-28(23)36/h6-10,17,26H,11-16H2,1-5H3,(H,29,36)/t26-/m0/s1. The molecule has 1 aliphatic heterocycles. The summed E-state index contributed by atoms with van der Waals surface area (Å²) in [6.45, 7) is 12.7. The smallest absolute Gasteiger partial charge is 0.253 e. The van der Waals surface area contributed by atoms with Crippen LogP contribution in [0.4, 0.5) is 5.69 Å². The predicted octanol–water partition coefficient (Wildman–Crippen LogP) is 3.31. The lowest BCUT2D eigenvalue weighted by molar-refractivity contribution is 0.171. The van der Waals surface area contributed by atoms with Crippen LogP contribution in [-0.4, -0.2) is 70.0 Å². The third-order valence-corrected chi connectivity index (χ3v) is 7.67. The number of H-pyrrole nitrogens is 1. The first kappa shape index (κ1) is 25.1. The van der Waals surface area contributed by atoms with Crippen molar-refractivity contribution in [2.75, 3.05) is 44.8 Å². The number of pyridine rings is 1. The van der Waals surface area contributed by atoms with E-state index in [0.717, 1.165) is 48.2 Å². The highest BCUT2D eigenvalue weighted by Crippen LogP contribution is 2.31. The van der Waals surface area contributed by atoms with E-state index in [1.54, 1.807) is 11.8 Å². The Bertz CT molecular complexity index is 1470. The Morgan fingerprint density at radius 2 is 1.76 bits per heavy atom. The van der Waals surface area contributed by atoms with Crippen LogP contribution in [0.25, 0.3) is 10.9 Å². The number of aromatic amines is 1. The normalized spacial score (nSPS) is 15.4. The average molecular weight is 502 g/mol. The Kier molecular flexibility index (Phi) is 7.08. The molecule has 0 unspecified atom stereocenters. The Morgan fingerprint density at radius 1 is 1.00 bits per heavy atom. The number of rotatable bonds is 7. The van der Waals surface area contributed by atoms with Crippen molar-refractivity contribution in [1.29, 1.82) is 0 Å². The van der Waals surface area contributed by atoms with E-state index in [0.29, 0.717) is 24.5 Å². The number of ether oxygens (including phenoxy) is 1. The van der Waals surface area contributed by atoms with Gasteiger partial charge in [-0.3, -0.25) is 9.69 Å². The Balaban J connectivity index is 1.55. The van der Waals surface area contributed by atoms with Gasteiger partial charge in [0.2, 0.25) is 0 Å². The maximum atomic E-state index is 13.6. The van der Waals surface area contributed by atoms with Crippen molar-refractivity contribution in [3.05, 3.63) is 80.4 Å². The fourth-order valence-corrected chi connectivity index (χ4v) is 5.34. The third kappa shape index (κ3) is 4.76. The molecule has 0 bridgehead atoms. The molecule has 0 spiro atoms. The second kappa shape index (κ2) is 10.4. The molecule has 0 saturated carbocycles. The number of nitrogens with one attached hydrogen (secondary N) is 1. The first-order valence-electron chi connectivity index (χ1n) is 12.8. The van der Waals surface area contributed by atoms with E-state index < -0.39 is 0 Å². The van der Waals surface area contributed by atoms with E-state index in [4.69, 9.17) is 4.74 Å². The number of hydrogen-bond donors (Lipinski definition) is 1. The van der Waals surface area contributed by atoms with E-state index in [1.165, 1.54) is 16.8 Å². The lowest BCUT2D eigenvalue weighted by atomic mass is 9.99. The van der Waals surface area contributed by atoms with Crippen LogP contribution in [0, 0.1) is 27.7 Å². The molecule has 2 aromatic heterocycles. The molecule has 37 heavy (non-hydrogen) atoms. The van der Waals surface area contributed by atoms with Crippen LogP contribution in [0.2, 0.25) is 0 Å². The number of aromatic nitrogens is 5. The molecule has 0 amide bonds. The minimum Gasteiger partial charge on any atom is -0.383 e. The molecule has 9 heteroatoms. The summed E-state index contributed by atoms with van der Waals surface area (Å²) in [7, 11) is 1.66. The number of benzene rings is 2. The van der Waals surface area contributed by atoms with Crippen molar-refractivity contribution in [2.45, 2.75) is 40.3 Å². The zero-order valence-corrected chi connectivity index (χ0v) is 22.3. The van der Waals surface area contributed by atoms with Crippen molar-refractivity contribution in [3.8, 4) is 0 Å². The van der Waals surface area contributed by atoms with Gasteiger partial charge in [0.1, 0.15) is 6.04 Å². The lowest BCUT2D eigenvalue weighted by Gasteiger charge is -2.40. The van der Waals surface area contributed by atoms with Crippen molar-refractivity contribution >= 4 is 16.6 Å². The molecule has 1 N–H and O–H groups in total. The average Bonchev–Trinajstić information content (AvgIpc) is 3.36. The van der Waals surface area contributed by atoms with Crippen molar-refractivity contribution in [1.82, 2.24) is 30.1 Å². The highest BCUT2D eigenvalue weighted by atomic mass is 16.5. The molecule has 1 saturated heterocycles. The fraction of sp³-hybridized carbons (Fsp3) is 0.429. The van der Waals surface area contributed by atoms with Gasteiger partial charge in [0, 0.05) is 49.9 Å². The van der Waals surface area contributed by atoms with Crippen molar-refractivity contribution in [3.63, 3.8) is 0 Å². The quantitative estimate of drug-likeness (QED) is 0.415. The number of piperazine rings is 1. The van der Waals surface area contributed by atoms with Crippen LogP contribution in [0.3, 0.4) is 0 Å². The number of methoxy groups -OCH3 is 1. The summed E-state index contributed by atoms with van der Waals surface area (Å²) in [6, 6.07) is 12.3. The molecular formula is C28H35N7O2. The van der Waals surface area contributed by atoms with E-state index in [-0.39, 0.29) is 11.6 Å². The van der Waals surface area contributed by atoms with Gasteiger partial charge < -0.3 is 14.6 Å². The van der Waals surface area contributed by atoms with Gasteiger partial charge in [-0.05, 0) is 72.5 Å². The Labute approximate surface area is 217 Å². The highest BCUT2D eigenvalue weighted by Gasteiger charge is 2.33. The zero-order chi connectivity index (χ0) is 26.1. The van der Waals surface area contributed by atoms with Gasteiger partial charge in [-0.2, -0.15) is 0 Å². The van der Waals surface area contributed by atoms with E-state index in [1.807, 2.05) is 19.1 Å². The second-order valence-corrected chi connectivity index (χ2v) is 9.94. The van der Waals surface area contributed by atoms with Crippen LogP contribution in [0.1, 0.15) is 39.7 Å². The third-order valence-electron chi connectivity index (χ3n) is 7.67. The predicted molar refractivity (Wildman–Crippen MR) is 145 cm³/mol.